The number of pyridine rings is 1. The van der Waals surface area contributed by atoms with E-state index in [1.165, 1.54) is 0 Å². The van der Waals surface area contributed by atoms with Crippen molar-refractivity contribution >= 4 is 5.97 Å². The Morgan fingerprint density at radius 1 is 1.38 bits per heavy atom. The van der Waals surface area contributed by atoms with Gasteiger partial charge in [0.25, 0.3) is 5.56 Å². The Balaban J connectivity index is 2.91. The number of nitrogens with zero attached hydrogens (tertiary/aromatic N) is 1. The molecule has 0 unspecified atom stereocenters. The normalized spacial score (nSPS) is 11.4. The molecule has 16 heavy (non-hydrogen) atoms. The average Bonchev–Trinajstić information content (AvgIpc) is 2.14. The molecule has 7 heteroatoms. The lowest BCUT2D eigenvalue weighted by atomic mass is 10.3. The fraction of sp³-hybridized carbons (Fsp3) is 0.333. The molecule has 0 atom stereocenters. The molecule has 0 bridgehead atoms. The first-order chi connectivity index (χ1) is 7.29. The van der Waals surface area contributed by atoms with Crippen LogP contribution in [0.1, 0.15) is 16.8 Å². The number of hydrogen-bond donors (Lipinski definition) is 1. The van der Waals surface area contributed by atoms with Gasteiger partial charge in [-0.05, 0) is 6.07 Å². The second kappa shape index (κ2) is 4.38. The molecule has 1 rings (SSSR count). The van der Waals surface area contributed by atoms with Crippen molar-refractivity contribution in [2.45, 2.75) is 19.1 Å². The summed E-state index contributed by atoms with van der Waals surface area (Å²) in [6.45, 7) is -0.580. The van der Waals surface area contributed by atoms with Crippen molar-refractivity contribution in [2.24, 2.45) is 0 Å². The Hall–Kier alpha value is -1.79. The highest BCUT2D eigenvalue weighted by Gasteiger charge is 2.26. The van der Waals surface area contributed by atoms with Crippen molar-refractivity contribution in [1.82, 2.24) is 4.57 Å². The van der Waals surface area contributed by atoms with E-state index in [-0.39, 0.29) is 5.56 Å². The van der Waals surface area contributed by atoms with E-state index in [9.17, 15) is 22.8 Å². The molecule has 88 valence electrons. The van der Waals surface area contributed by atoms with Crippen molar-refractivity contribution in [3.05, 3.63) is 34.2 Å². The molecule has 0 aliphatic heterocycles. The van der Waals surface area contributed by atoms with Crippen LogP contribution in [-0.4, -0.2) is 21.8 Å². The molecule has 0 saturated carbocycles. The third-order valence-corrected chi connectivity index (χ3v) is 1.87. The van der Waals surface area contributed by atoms with E-state index in [2.05, 4.69) is 0 Å². The molecule has 0 aliphatic rings. The van der Waals surface area contributed by atoms with E-state index in [1.54, 1.807) is 0 Å². The van der Waals surface area contributed by atoms with E-state index >= 15 is 0 Å². The number of aromatic nitrogens is 1. The minimum Gasteiger partial charge on any atom is -0.478 e. The Labute approximate surface area is 87.9 Å². The van der Waals surface area contributed by atoms with Gasteiger partial charge in [-0.25, -0.2) is 4.79 Å². The van der Waals surface area contributed by atoms with Crippen LogP contribution < -0.4 is 5.56 Å². The average molecular weight is 235 g/mol. The van der Waals surface area contributed by atoms with Crippen LogP contribution in [0.2, 0.25) is 0 Å². The zero-order valence-corrected chi connectivity index (χ0v) is 7.99. The van der Waals surface area contributed by atoms with Crippen LogP contribution in [0.15, 0.2) is 23.1 Å². The number of carbonyl (C=O) groups is 1. The standard InChI is InChI=1S/C9H8F3NO3/c10-9(11,12)3-4-13-5-6(8(15)16)1-2-7(13)14/h1-2,5H,3-4H2,(H,15,16). The summed E-state index contributed by atoms with van der Waals surface area (Å²) in [5.41, 5.74) is -0.879. The summed E-state index contributed by atoms with van der Waals surface area (Å²) in [5, 5.41) is 8.59. The quantitative estimate of drug-likeness (QED) is 0.863. The minimum atomic E-state index is -4.38. The number of rotatable bonds is 3. The van der Waals surface area contributed by atoms with Gasteiger partial charge in [0, 0.05) is 18.8 Å². The predicted molar refractivity (Wildman–Crippen MR) is 48.3 cm³/mol. The van der Waals surface area contributed by atoms with Gasteiger partial charge >= 0.3 is 12.1 Å². The third-order valence-electron chi connectivity index (χ3n) is 1.87. The van der Waals surface area contributed by atoms with Crippen LogP contribution in [0.4, 0.5) is 13.2 Å². The van der Waals surface area contributed by atoms with Crippen molar-refractivity contribution in [2.75, 3.05) is 0 Å². The highest BCUT2D eigenvalue weighted by atomic mass is 19.4. The Bertz CT molecular complexity index is 450. The molecule has 1 aromatic heterocycles. The summed E-state index contributed by atoms with van der Waals surface area (Å²) < 4.78 is 36.4. The molecule has 0 aliphatic carbocycles. The molecule has 0 fully saturated rings. The first-order valence-corrected chi connectivity index (χ1v) is 4.30. The summed E-state index contributed by atoms with van der Waals surface area (Å²) >= 11 is 0. The molecule has 1 aromatic rings. The van der Waals surface area contributed by atoms with E-state index in [1.807, 2.05) is 0 Å². The lowest BCUT2D eigenvalue weighted by molar-refractivity contribution is -0.136. The fourth-order valence-corrected chi connectivity index (χ4v) is 1.08. The summed E-state index contributed by atoms with van der Waals surface area (Å²) in [6.07, 6.45) is -4.65. The van der Waals surface area contributed by atoms with E-state index < -0.39 is 30.7 Å². The topological polar surface area (TPSA) is 59.3 Å². The first-order valence-electron chi connectivity index (χ1n) is 4.30. The number of alkyl halides is 3. The van der Waals surface area contributed by atoms with Crippen LogP contribution in [0.3, 0.4) is 0 Å². The maximum absolute atomic E-state index is 11.9. The van der Waals surface area contributed by atoms with Crippen LogP contribution in [0, 0.1) is 0 Å². The largest absolute Gasteiger partial charge is 0.478 e. The van der Waals surface area contributed by atoms with Gasteiger partial charge in [-0.2, -0.15) is 13.2 Å². The number of carboxylic acid groups (broad SMARTS) is 1. The number of aromatic carboxylic acids is 1. The van der Waals surface area contributed by atoms with Gasteiger partial charge in [0.2, 0.25) is 0 Å². The van der Waals surface area contributed by atoms with Crippen LogP contribution in [0.25, 0.3) is 0 Å². The maximum Gasteiger partial charge on any atom is 0.390 e. The van der Waals surface area contributed by atoms with Gasteiger partial charge in [0.1, 0.15) is 0 Å². The highest BCUT2D eigenvalue weighted by Crippen LogP contribution is 2.19. The lowest BCUT2D eigenvalue weighted by Crippen LogP contribution is -2.23. The number of halogens is 3. The first kappa shape index (κ1) is 12.3. The zero-order valence-electron chi connectivity index (χ0n) is 7.99. The number of carboxylic acids is 1. The summed E-state index contributed by atoms with van der Waals surface area (Å²) in [4.78, 5) is 21.6. The van der Waals surface area contributed by atoms with Crippen LogP contribution in [0.5, 0.6) is 0 Å². The molecule has 0 aromatic carbocycles. The molecule has 0 spiro atoms. The monoisotopic (exact) mass is 235 g/mol. The Kier molecular flexibility index (Phi) is 3.36. The fourth-order valence-electron chi connectivity index (χ4n) is 1.08. The zero-order chi connectivity index (χ0) is 12.3. The van der Waals surface area contributed by atoms with E-state index in [4.69, 9.17) is 5.11 Å². The summed E-state index contributed by atoms with van der Waals surface area (Å²) in [6, 6.07) is 1.98. The predicted octanol–water partition coefficient (Wildman–Crippen LogP) is 1.50. The van der Waals surface area contributed by atoms with Crippen molar-refractivity contribution < 1.29 is 23.1 Å². The molecule has 0 amide bonds. The second-order valence-electron chi connectivity index (χ2n) is 3.12. The molecule has 1 heterocycles. The molecular weight excluding hydrogens is 227 g/mol. The molecule has 4 nitrogen and oxygen atoms in total. The van der Waals surface area contributed by atoms with Crippen molar-refractivity contribution in [3.63, 3.8) is 0 Å². The molecular formula is C9H8F3NO3. The molecule has 0 saturated heterocycles. The Morgan fingerprint density at radius 2 is 2.00 bits per heavy atom. The second-order valence-corrected chi connectivity index (χ2v) is 3.12. The van der Waals surface area contributed by atoms with Gasteiger partial charge in [0.05, 0.1) is 12.0 Å². The van der Waals surface area contributed by atoms with E-state index in [0.29, 0.717) is 0 Å². The van der Waals surface area contributed by atoms with Crippen molar-refractivity contribution in [1.29, 1.82) is 0 Å². The van der Waals surface area contributed by atoms with Gasteiger partial charge in [-0.1, -0.05) is 0 Å². The molecule has 1 N–H and O–H groups in total. The van der Waals surface area contributed by atoms with Crippen molar-refractivity contribution in [3.8, 4) is 0 Å². The molecule has 0 radical (unpaired) electrons. The minimum absolute atomic E-state index is 0.221. The van der Waals surface area contributed by atoms with E-state index in [0.717, 1.165) is 22.9 Å². The van der Waals surface area contributed by atoms with Crippen LogP contribution >= 0.6 is 0 Å². The van der Waals surface area contributed by atoms with Gasteiger partial charge in [0.15, 0.2) is 0 Å². The lowest BCUT2D eigenvalue weighted by Gasteiger charge is -2.08. The third kappa shape index (κ3) is 3.41. The SMILES string of the molecule is O=C(O)c1ccc(=O)n(CCC(F)(F)F)c1. The number of hydrogen-bond acceptors (Lipinski definition) is 2. The summed E-state index contributed by atoms with van der Waals surface area (Å²) in [5.74, 6) is -1.29. The number of aryl methyl sites for hydroxylation is 1. The van der Waals surface area contributed by atoms with Gasteiger partial charge in [-0.3, -0.25) is 4.79 Å². The maximum atomic E-state index is 11.9. The van der Waals surface area contributed by atoms with Crippen LogP contribution in [-0.2, 0) is 6.54 Å². The highest BCUT2D eigenvalue weighted by molar-refractivity contribution is 5.87. The van der Waals surface area contributed by atoms with Gasteiger partial charge < -0.3 is 9.67 Å². The Morgan fingerprint density at radius 3 is 2.50 bits per heavy atom. The summed E-state index contributed by atoms with van der Waals surface area (Å²) in [7, 11) is 0. The van der Waals surface area contributed by atoms with Gasteiger partial charge in [-0.15, -0.1) is 0 Å². The smallest absolute Gasteiger partial charge is 0.390 e.